The van der Waals surface area contributed by atoms with Crippen molar-refractivity contribution in [1.29, 1.82) is 0 Å². The molecule has 74 valence electrons. The van der Waals surface area contributed by atoms with Crippen molar-refractivity contribution in [3.8, 4) is 0 Å². The predicted molar refractivity (Wildman–Crippen MR) is 56.5 cm³/mol. The Kier molecular flexibility index (Phi) is 2.64. The third-order valence-corrected chi connectivity index (χ3v) is 2.72. The van der Waals surface area contributed by atoms with Crippen molar-refractivity contribution in [2.24, 2.45) is 0 Å². The summed E-state index contributed by atoms with van der Waals surface area (Å²) in [5, 5.41) is 3.26. The summed E-state index contributed by atoms with van der Waals surface area (Å²) in [6.45, 7) is 3.76. The lowest BCUT2D eigenvalue weighted by Crippen LogP contribution is -2.12. The molecule has 2 rings (SSSR count). The number of ketones is 1. The molecule has 1 N–H and O–H groups in total. The second-order valence-corrected chi connectivity index (χ2v) is 3.70. The first kappa shape index (κ1) is 9.41. The Bertz CT molecular complexity index is 357. The van der Waals surface area contributed by atoms with Gasteiger partial charge in [0.2, 0.25) is 0 Å². The molecule has 0 radical (unpaired) electrons. The summed E-state index contributed by atoms with van der Waals surface area (Å²) in [5.41, 5.74) is 3.37. The van der Waals surface area contributed by atoms with Gasteiger partial charge in [-0.15, -0.1) is 0 Å². The number of benzene rings is 1. The Morgan fingerprint density at radius 1 is 1.43 bits per heavy atom. The SMILES string of the molecule is CCc1ccc2c(c1)CNCCC2=O. The fraction of sp³-hybridized carbons (Fsp3) is 0.417. The third kappa shape index (κ3) is 1.70. The van der Waals surface area contributed by atoms with Gasteiger partial charge in [-0.1, -0.05) is 25.1 Å². The van der Waals surface area contributed by atoms with Crippen LogP contribution < -0.4 is 5.32 Å². The molecule has 0 unspecified atom stereocenters. The van der Waals surface area contributed by atoms with Crippen molar-refractivity contribution in [2.75, 3.05) is 6.54 Å². The van der Waals surface area contributed by atoms with Crippen LogP contribution in [0, 0.1) is 0 Å². The van der Waals surface area contributed by atoms with Crippen LogP contribution in [0.5, 0.6) is 0 Å². The summed E-state index contributed by atoms with van der Waals surface area (Å²) in [6.07, 6.45) is 1.65. The van der Waals surface area contributed by atoms with Gasteiger partial charge >= 0.3 is 0 Å². The van der Waals surface area contributed by atoms with E-state index in [-0.39, 0.29) is 5.78 Å². The predicted octanol–water partition coefficient (Wildman–Crippen LogP) is 1.93. The van der Waals surface area contributed by atoms with Gasteiger partial charge in [0.15, 0.2) is 5.78 Å². The number of carbonyl (C=O) groups excluding carboxylic acids is 1. The molecule has 0 fully saturated rings. The molecule has 0 saturated carbocycles. The molecule has 0 aliphatic carbocycles. The van der Waals surface area contributed by atoms with Crippen molar-refractivity contribution in [3.05, 3.63) is 34.9 Å². The molecule has 0 saturated heterocycles. The molecule has 2 heteroatoms. The van der Waals surface area contributed by atoms with Crippen molar-refractivity contribution < 1.29 is 4.79 Å². The van der Waals surface area contributed by atoms with Crippen LogP contribution in [-0.4, -0.2) is 12.3 Å². The summed E-state index contributed by atoms with van der Waals surface area (Å²) < 4.78 is 0. The zero-order valence-corrected chi connectivity index (χ0v) is 8.47. The van der Waals surface area contributed by atoms with E-state index in [1.807, 2.05) is 6.07 Å². The van der Waals surface area contributed by atoms with Crippen LogP contribution in [0.3, 0.4) is 0 Å². The fourth-order valence-electron chi connectivity index (χ4n) is 1.84. The third-order valence-electron chi connectivity index (χ3n) is 2.72. The van der Waals surface area contributed by atoms with E-state index in [0.29, 0.717) is 6.42 Å². The van der Waals surface area contributed by atoms with E-state index >= 15 is 0 Å². The molecule has 0 atom stereocenters. The number of aryl methyl sites for hydroxylation is 1. The van der Waals surface area contributed by atoms with E-state index in [9.17, 15) is 4.79 Å². The van der Waals surface area contributed by atoms with Crippen LogP contribution in [-0.2, 0) is 13.0 Å². The summed E-state index contributed by atoms with van der Waals surface area (Å²) in [4.78, 5) is 11.7. The van der Waals surface area contributed by atoms with Gasteiger partial charge in [0.1, 0.15) is 0 Å². The average molecular weight is 189 g/mol. The quantitative estimate of drug-likeness (QED) is 0.731. The standard InChI is InChI=1S/C12H15NO/c1-2-9-3-4-11-10(7-9)8-13-6-5-12(11)14/h3-4,7,13H,2,5-6,8H2,1H3. The number of nitrogens with one attached hydrogen (secondary N) is 1. The molecule has 14 heavy (non-hydrogen) atoms. The smallest absolute Gasteiger partial charge is 0.164 e. The number of hydrogen-bond acceptors (Lipinski definition) is 2. The molecule has 1 aromatic carbocycles. The van der Waals surface area contributed by atoms with Gasteiger partial charge < -0.3 is 5.32 Å². The average Bonchev–Trinajstić information content (AvgIpc) is 2.40. The monoisotopic (exact) mass is 189 g/mol. The molecule has 0 amide bonds. The molecule has 0 aromatic heterocycles. The number of rotatable bonds is 1. The van der Waals surface area contributed by atoms with Crippen LogP contribution in [0.25, 0.3) is 0 Å². The Hall–Kier alpha value is -1.15. The van der Waals surface area contributed by atoms with Crippen LogP contribution in [0.15, 0.2) is 18.2 Å². The normalized spacial score (nSPS) is 16.2. The molecule has 1 aliphatic heterocycles. The van der Waals surface area contributed by atoms with Crippen LogP contribution in [0.1, 0.15) is 34.8 Å². The summed E-state index contributed by atoms with van der Waals surface area (Å²) in [6, 6.07) is 6.18. The maximum atomic E-state index is 11.7. The first-order valence-electron chi connectivity index (χ1n) is 5.17. The Morgan fingerprint density at radius 3 is 3.07 bits per heavy atom. The van der Waals surface area contributed by atoms with Gasteiger partial charge in [-0.3, -0.25) is 4.79 Å². The van der Waals surface area contributed by atoms with Gasteiger partial charge in [-0.05, 0) is 17.5 Å². The first-order chi connectivity index (χ1) is 6.81. The molecule has 2 nitrogen and oxygen atoms in total. The van der Waals surface area contributed by atoms with Gasteiger partial charge in [-0.2, -0.15) is 0 Å². The Balaban J connectivity index is 2.43. The van der Waals surface area contributed by atoms with Crippen LogP contribution in [0.2, 0.25) is 0 Å². The number of Topliss-reactive ketones (excluding diaryl/α,β-unsaturated/α-hetero) is 1. The zero-order chi connectivity index (χ0) is 9.97. The molecule has 1 heterocycles. The second kappa shape index (κ2) is 3.93. The summed E-state index contributed by atoms with van der Waals surface area (Å²) >= 11 is 0. The van der Waals surface area contributed by atoms with E-state index in [1.54, 1.807) is 0 Å². The molecular weight excluding hydrogens is 174 g/mol. The zero-order valence-electron chi connectivity index (χ0n) is 8.47. The minimum absolute atomic E-state index is 0.271. The van der Waals surface area contributed by atoms with E-state index in [2.05, 4.69) is 24.4 Å². The van der Waals surface area contributed by atoms with E-state index in [0.717, 1.165) is 30.6 Å². The maximum absolute atomic E-state index is 11.7. The van der Waals surface area contributed by atoms with Gasteiger partial charge in [0, 0.05) is 25.1 Å². The fourth-order valence-corrected chi connectivity index (χ4v) is 1.84. The highest BCUT2D eigenvalue weighted by Gasteiger charge is 2.14. The van der Waals surface area contributed by atoms with E-state index in [1.165, 1.54) is 5.56 Å². The van der Waals surface area contributed by atoms with Crippen molar-refractivity contribution in [1.82, 2.24) is 5.32 Å². The molecule has 0 spiro atoms. The van der Waals surface area contributed by atoms with Crippen LogP contribution >= 0.6 is 0 Å². The first-order valence-corrected chi connectivity index (χ1v) is 5.17. The highest BCUT2D eigenvalue weighted by molar-refractivity contribution is 5.98. The number of hydrogen-bond donors (Lipinski definition) is 1. The highest BCUT2D eigenvalue weighted by atomic mass is 16.1. The summed E-state index contributed by atoms with van der Waals surface area (Å²) in [5.74, 6) is 0.271. The largest absolute Gasteiger partial charge is 0.312 e. The molecule has 1 aliphatic rings. The highest BCUT2D eigenvalue weighted by Crippen LogP contribution is 2.16. The van der Waals surface area contributed by atoms with E-state index in [4.69, 9.17) is 0 Å². The lowest BCUT2D eigenvalue weighted by atomic mass is 9.99. The lowest BCUT2D eigenvalue weighted by Gasteiger charge is -2.06. The topological polar surface area (TPSA) is 29.1 Å². The van der Waals surface area contributed by atoms with Gasteiger partial charge in [-0.25, -0.2) is 0 Å². The van der Waals surface area contributed by atoms with Crippen molar-refractivity contribution in [2.45, 2.75) is 26.3 Å². The van der Waals surface area contributed by atoms with Crippen LogP contribution in [0.4, 0.5) is 0 Å². The number of carbonyl (C=O) groups is 1. The molecule has 1 aromatic rings. The maximum Gasteiger partial charge on any atom is 0.164 e. The molecular formula is C12H15NO. The minimum Gasteiger partial charge on any atom is -0.312 e. The van der Waals surface area contributed by atoms with Crippen molar-refractivity contribution >= 4 is 5.78 Å². The molecule has 0 bridgehead atoms. The second-order valence-electron chi connectivity index (χ2n) is 3.70. The van der Waals surface area contributed by atoms with Crippen molar-refractivity contribution in [3.63, 3.8) is 0 Å². The lowest BCUT2D eigenvalue weighted by molar-refractivity contribution is 0.0985. The van der Waals surface area contributed by atoms with Gasteiger partial charge in [0.25, 0.3) is 0 Å². The van der Waals surface area contributed by atoms with Gasteiger partial charge in [0.05, 0.1) is 0 Å². The minimum atomic E-state index is 0.271. The summed E-state index contributed by atoms with van der Waals surface area (Å²) in [7, 11) is 0. The Morgan fingerprint density at radius 2 is 2.29 bits per heavy atom. The number of fused-ring (bicyclic) bond motifs is 1. The van der Waals surface area contributed by atoms with E-state index < -0.39 is 0 Å². The Labute approximate surface area is 84.3 Å².